The summed E-state index contributed by atoms with van der Waals surface area (Å²) in [5, 5.41) is 6.65. The van der Waals surface area contributed by atoms with Gasteiger partial charge in [0, 0.05) is 48.6 Å². The largest absolute Gasteiger partial charge is 0.466 e. The lowest BCUT2D eigenvalue weighted by molar-refractivity contribution is -0.148. The third-order valence-electron chi connectivity index (χ3n) is 9.13. The highest BCUT2D eigenvalue weighted by Gasteiger charge is 2.41. The van der Waals surface area contributed by atoms with Crippen molar-refractivity contribution in [1.29, 1.82) is 0 Å². The van der Waals surface area contributed by atoms with Crippen molar-refractivity contribution in [2.45, 2.75) is 112 Å². The molecule has 0 spiro atoms. The van der Waals surface area contributed by atoms with Gasteiger partial charge in [0.1, 0.15) is 12.1 Å². The predicted octanol–water partition coefficient (Wildman–Crippen LogP) is 4.13. The monoisotopic (exact) mass is 697 g/mol. The van der Waals surface area contributed by atoms with Crippen LogP contribution in [0.3, 0.4) is 0 Å². The smallest absolute Gasteiger partial charge is 0.328 e. The Morgan fingerprint density at radius 1 is 0.980 bits per heavy atom. The van der Waals surface area contributed by atoms with Gasteiger partial charge >= 0.3 is 11.9 Å². The number of likely N-dealkylation sites (N-methyl/N-ethyl adjacent to an activating group) is 1. The van der Waals surface area contributed by atoms with Gasteiger partial charge in [-0.05, 0) is 50.2 Å². The molecule has 0 saturated heterocycles. The number of hydrogen-bond donors (Lipinski definition) is 3. The van der Waals surface area contributed by atoms with Crippen molar-refractivity contribution in [2.24, 2.45) is 24.1 Å². The molecule has 2 rings (SSSR count). The predicted molar refractivity (Wildman–Crippen MR) is 195 cm³/mol. The van der Waals surface area contributed by atoms with Gasteiger partial charge in [-0.2, -0.15) is 0 Å². The fraction of sp³-hybridized carbons (Fsp3) is 0.605. The zero-order valence-electron chi connectivity index (χ0n) is 32.0. The molecule has 0 aliphatic carbocycles. The van der Waals surface area contributed by atoms with Crippen molar-refractivity contribution in [3.05, 3.63) is 47.7 Å². The molecule has 50 heavy (non-hydrogen) atoms. The summed E-state index contributed by atoms with van der Waals surface area (Å²) in [7, 11) is 3.59. The van der Waals surface area contributed by atoms with Crippen molar-refractivity contribution in [3.8, 4) is 0 Å². The van der Waals surface area contributed by atoms with Crippen LogP contribution < -0.4 is 16.4 Å². The molecule has 1 aromatic carbocycles. The summed E-state index contributed by atoms with van der Waals surface area (Å²) in [5.74, 6) is -2.60. The Morgan fingerprint density at radius 2 is 1.58 bits per heavy atom. The number of nitrogens with zero attached hydrogens (tertiary/aromatic N) is 2. The van der Waals surface area contributed by atoms with E-state index in [4.69, 9.17) is 15.2 Å². The van der Waals surface area contributed by atoms with E-state index < -0.39 is 58.8 Å². The van der Waals surface area contributed by atoms with E-state index in [0.717, 1.165) is 16.5 Å². The number of benzene rings is 1. The van der Waals surface area contributed by atoms with E-state index in [0.29, 0.717) is 0 Å². The zero-order chi connectivity index (χ0) is 38.1. The second kappa shape index (κ2) is 17.6. The number of carbonyl (C=O) groups excluding carboxylic acids is 5. The fourth-order valence-corrected chi connectivity index (χ4v) is 5.92. The molecule has 0 fully saturated rings. The van der Waals surface area contributed by atoms with Gasteiger partial charge in [0.2, 0.25) is 17.7 Å². The van der Waals surface area contributed by atoms with Gasteiger partial charge in [0.25, 0.3) is 0 Å². The highest BCUT2D eigenvalue weighted by molar-refractivity contribution is 5.96. The van der Waals surface area contributed by atoms with Gasteiger partial charge in [-0.15, -0.1) is 0 Å². The lowest BCUT2D eigenvalue weighted by Crippen LogP contribution is -2.61. The van der Waals surface area contributed by atoms with E-state index >= 15 is 0 Å². The van der Waals surface area contributed by atoms with E-state index in [-0.39, 0.29) is 43.5 Å². The number of nitrogens with one attached hydrogen (secondary N) is 2. The number of hydrogen-bond acceptors (Lipinski definition) is 8. The van der Waals surface area contributed by atoms with E-state index in [2.05, 4.69) is 10.6 Å². The quantitative estimate of drug-likeness (QED) is 0.174. The van der Waals surface area contributed by atoms with Gasteiger partial charge < -0.3 is 35.3 Å². The molecule has 4 atom stereocenters. The number of nitrogens with two attached hydrogens (primary N) is 1. The molecule has 0 radical (unpaired) electrons. The highest BCUT2D eigenvalue weighted by Crippen LogP contribution is 2.34. The maximum atomic E-state index is 14.2. The SMILES string of the molecule is CCOC(=O)CC[C@@H](NC(=O)/C(C)=C/[C@H](C(C)C)N(C)C(=O)C(NC(=O)[C@@H](N)C(C)(C)c1cn(C)c2ccccc12)C(C)(C)C)C(=O)OCC. The van der Waals surface area contributed by atoms with Crippen LogP contribution in [0.1, 0.15) is 87.6 Å². The van der Waals surface area contributed by atoms with Crippen LogP contribution in [0.4, 0.5) is 0 Å². The average molecular weight is 698 g/mol. The number of fused-ring (bicyclic) bond motifs is 1. The van der Waals surface area contributed by atoms with Gasteiger partial charge in [-0.25, -0.2) is 4.79 Å². The molecule has 0 aliphatic heterocycles. The zero-order valence-corrected chi connectivity index (χ0v) is 32.0. The number of esters is 2. The number of amides is 3. The van der Waals surface area contributed by atoms with Crippen LogP contribution in [0.2, 0.25) is 0 Å². The van der Waals surface area contributed by atoms with Crippen LogP contribution in [0.25, 0.3) is 10.9 Å². The molecule has 1 unspecified atom stereocenters. The van der Waals surface area contributed by atoms with Crippen LogP contribution in [0, 0.1) is 11.3 Å². The minimum atomic E-state index is -1.06. The Bertz CT molecular complexity index is 1550. The summed E-state index contributed by atoms with van der Waals surface area (Å²) >= 11 is 0. The second-order valence-corrected chi connectivity index (χ2v) is 14.8. The molecule has 0 bridgehead atoms. The molecule has 3 amide bonds. The first-order chi connectivity index (χ1) is 23.2. The van der Waals surface area contributed by atoms with Crippen molar-refractivity contribution in [1.82, 2.24) is 20.1 Å². The summed E-state index contributed by atoms with van der Waals surface area (Å²) in [4.78, 5) is 67.4. The lowest BCUT2D eigenvalue weighted by Gasteiger charge is -2.39. The fourth-order valence-electron chi connectivity index (χ4n) is 5.92. The maximum Gasteiger partial charge on any atom is 0.328 e. The third-order valence-corrected chi connectivity index (χ3v) is 9.13. The third kappa shape index (κ3) is 10.4. The molecular formula is C38H59N5O7. The lowest BCUT2D eigenvalue weighted by atomic mass is 9.77. The van der Waals surface area contributed by atoms with Crippen LogP contribution in [-0.4, -0.2) is 83.6 Å². The van der Waals surface area contributed by atoms with Crippen LogP contribution in [-0.2, 0) is 45.9 Å². The standard InChI is InChI=1S/C38H59N5O7/c1-13-49-30(44)20-19-27(36(48)50-14-2)40-33(45)24(5)21-29(23(3)4)43(12)35(47)32(37(6,7)8)41-34(46)31(39)38(9,10)26-22-42(11)28-18-16-15-17-25(26)28/h15-18,21-23,27,29,31-32H,13-14,19-20,39H2,1-12H3,(H,40,45)(H,41,46)/b24-21+/t27-,29-,31-,32?/m1/s1. The number of ether oxygens (including phenoxy) is 2. The maximum absolute atomic E-state index is 14.2. The van der Waals surface area contributed by atoms with E-state index in [1.807, 2.05) is 90.5 Å². The van der Waals surface area contributed by atoms with E-state index in [9.17, 15) is 24.0 Å². The van der Waals surface area contributed by atoms with Gasteiger partial charge in [-0.1, -0.05) is 72.7 Å². The number of para-hydroxylation sites is 1. The second-order valence-electron chi connectivity index (χ2n) is 14.8. The molecule has 12 heteroatoms. The average Bonchev–Trinajstić information content (AvgIpc) is 3.39. The van der Waals surface area contributed by atoms with E-state index in [1.54, 1.807) is 33.9 Å². The minimum Gasteiger partial charge on any atom is -0.466 e. The van der Waals surface area contributed by atoms with Crippen LogP contribution in [0.5, 0.6) is 0 Å². The van der Waals surface area contributed by atoms with Gasteiger partial charge in [-0.3, -0.25) is 19.2 Å². The van der Waals surface area contributed by atoms with Crippen molar-refractivity contribution in [2.75, 3.05) is 20.3 Å². The topological polar surface area (TPSA) is 162 Å². The first-order valence-corrected chi connectivity index (χ1v) is 17.4. The Balaban J connectivity index is 2.32. The van der Waals surface area contributed by atoms with Crippen LogP contribution >= 0.6 is 0 Å². The summed E-state index contributed by atoms with van der Waals surface area (Å²) in [6, 6.07) is 4.42. The molecular weight excluding hydrogens is 638 g/mol. The first kappa shape index (κ1) is 42.0. The minimum absolute atomic E-state index is 0.00901. The number of carbonyl (C=O) groups is 5. The van der Waals surface area contributed by atoms with E-state index in [1.165, 1.54) is 4.90 Å². The van der Waals surface area contributed by atoms with Crippen molar-refractivity contribution < 1.29 is 33.4 Å². The molecule has 278 valence electrons. The Hall–Kier alpha value is -4.19. The number of aromatic nitrogens is 1. The number of rotatable bonds is 16. The molecule has 4 N–H and O–H groups in total. The normalized spacial score (nSPS) is 14.8. The summed E-state index contributed by atoms with van der Waals surface area (Å²) in [6.07, 6.45) is 3.59. The number of aryl methyl sites for hydroxylation is 1. The summed E-state index contributed by atoms with van der Waals surface area (Å²) in [6.45, 7) is 18.5. The molecule has 1 heterocycles. The molecule has 2 aromatic rings. The van der Waals surface area contributed by atoms with Crippen LogP contribution in [0.15, 0.2) is 42.1 Å². The molecule has 12 nitrogen and oxygen atoms in total. The molecule has 0 aliphatic rings. The Kier molecular flexibility index (Phi) is 14.8. The highest BCUT2D eigenvalue weighted by atomic mass is 16.5. The molecule has 0 saturated carbocycles. The summed E-state index contributed by atoms with van der Waals surface area (Å²) in [5.41, 5.74) is 7.44. The Morgan fingerprint density at radius 3 is 2.14 bits per heavy atom. The van der Waals surface area contributed by atoms with Gasteiger partial charge in [0.15, 0.2) is 0 Å². The summed E-state index contributed by atoms with van der Waals surface area (Å²) < 4.78 is 12.1. The first-order valence-electron chi connectivity index (χ1n) is 17.4. The van der Waals surface area contributed by atoms with Crippen molar-refractivity contribution in [3.63, 3.8) is 0 Å². The molecule has 1 aromatic heterocycles. The Labute approximate surface area is 297 Å². The van der Waals surface area contributed by atoms with Crippen molar-refractivity contribution >= 4 is 40.6 Å². The van der Waals surface area contributed by atoms with Gasteiger partial charge in [0.05, 0.1) is 25.3 Å².